The zero-order valence-electron chi connectivity index (χ0n) is 14.6. The van der Waals surface area contributed by atoms with Crippen molar-refractivity contribution in [2.75, 3.05) is 52.9 Å². The highest BCUT2D eigenvalue weighted by atomic mass is 16.5. The van der Waals surface area contributed by atoms with Crippen molar-refractivity contribution < 1.29 is 14.3 Å². The van der Waals surface area contributed by atoms with Crippen LogP contribution in [0.4, 0.5) is 0 Å². The molecule has 2 saturated heterocycles. The first-order chi connectivity index (χ1) is 11.2. The summed E-state index contributed by atoms with van der Waals surface area (Å²) < 4.78 is 4.97. The molecule has 0 aromatic carbocycles. The summed E-state index contributed by atoms with van der Waals surface area (Å²) in [6.45, 7) is 7.84. The lowest BCUT2D eigenvalue weighted by atomic mass is 10.1. The zero-order chi connectivity index (χ0) is 16.7. The molecule has 2 fully saturated rings. The van der Waals surface area contributed by atoms with Gasteiger partial charge in [-0.2, -0.15) is 0 Å². The lowest BCUT2D eigenvalue weighted by Gasteiger charge is -2.38. The Hall–Kier alpha value is -1.14. The van der Waals surface area contributed by atoms with Gasteiger partial charge in [0.15, 0.2) is 0 Å². The van der Waals surface area contributed by atoms with Crippen molar-refractivity contribution in [3.8, 4) is 0 Å². The second-order valence-electron chi connectivity index (χ2n) is 6.58. The summed E-state index contributed by atoms with van der Waals surface area (Å²) in [4.78, 5) is 30.6. The number of nitrogens with zero attached hydrogens (tertiary/aromatic N) is 3. The standard InChI is InChI=1S/C17H31N3O3/c1-3-4-7-15(17(22)23-2)19-12-10-18(11-13-19)14-16(21)20-8-5-6-9-20/h15H,3-14H2,1-2H3. The fourth-order valence-corrected chi connectivity index (χ4v) is 3.47. The highest BCUT2D eigenvalue weighted by Crippen LogP contribution is 2.15. The van der Waals surface area contributed by atoms with Crippen LogP contribution < -0.4 is 0 Å². The number of methoxy groups -OCH3 is 1. The molecule has 23 heavy (non-hydrogen) atoms. The molecule has 2 heterocycles. The average molecular weight is 325 g/mol. The number of hydrogen-bond acceptors (Lipinski definition) is 5. The number of piperazine rings is 1. The van der Waals surface area contributed by atoms with Gasteiger partial charge in [-0.15, -0.1) is 0 Å². The van der Waals surface area contributed by atoms with Gasteiger partial charge < -0.3 is 9.64 Å². The van der Waals surface area contributed by atoms with Crippen molar-refractivity contribution in [2.45, 2.75) is 45.1 Å². The topological polar surface area (TPSA) is 53.1 Å². The van der Waals surface area contributed by atoms with Crippen LogP contribution in [0, 0.1) is 0 Å². The molecule has 0 saturated carbocycles. The number of likely N-dealkylation sites (tertiary alicyclic amines) is 1. The summed E-state index contributed by atoms with van der Waals surface area (Å²) in [6.07, 6.45) is 5.25. The summed E-state index contributed by atoms with van der Waals surface area (Å²) >= 11 is 0. The first-order valence-electron chi connectivity index (χ1n) is 8.97. The van der Waals surface area contributed by atoms with Gasteiger partial charge in [-0.1, -0.05) is 19.8 Å². The molecular weight excluding hydrogens is 294 g/mol. The molecule has 0 N–H and O–H groups in total. The minimum Gasteiger partial charge on any atom is -0.468 e. The molecule has 0 aromatic rings. The van der Waals surface area contributed by atoms with E-state index in [9.17, 15) is 9.59 Å². The van der Waals surface area contributed by atoms with Crippen LogP contribution in [0.25, 0.3) is 0 Å². The van der Waals surface area contributed by atoms with Gasteiger partial charge in [0.1, 0.15) is 6.04 Å². The Balaban J connectivity index is 1.79. The second kappa shape index (κ2) is 9.23. The molecule has 0 aliphatic carbocycles. The number of rotatable bonds is 7. The largest absolute Gasteiger partial charge is 0.468 e. The predicted octanol–water partition coefficient (Wildman–Crippen LogP) is 0.958. The van der Waals surface area contributed by atoms with Gasteiger partial charge in [0.2, 0.25) is 5.91 Å². The Labute approximate surface area is 139 Å². The number of esters is 1. The molecule has 2 rings (SSSR count). The maximum Gasteiger partial charge on any atom is 0.323 e. The van der Waals surface area contributed by atoms with Gasteiger partial charge in [-0.05, 0) is 19.3 Å². The molecule has 1 amide bonds. The highest BCUT2D eigenvalue weighted by molar-refractivity contribution is 5.78. The van der Waals surface area contributed by atoms with Crippen molar-refractivity contribution in [1.29, 1.82) is 0 Å². The van der Waals surface area contributed by atoms with Gasteiger partial charge >= 0.3 is 5.97 Å². The molecule has 0 bridgehead atoms. The number of unbranched alkanes of at least 4 members (excludes halogenated alkanes) is 1. The maximum absolute atomic E-state index is 12.2. The Bertz CT molecular complexity index is 389. The van der Waals surface area contributed by atoms with Crippen LogP contribution in [0.2, 0.25) is 0 Å². The molecule has 0 radical (unpaired) electrons. The van der Waals surface area contributed by atoms with Crippen molar-refractivity contribution in [2.24, 2.45) is 0 Å². The number of carbonyl (C=O) groups is 2. The number of amides is 1. The SMILES string of the molecule is CCCCC(C(=O)OC)N1CCN(CC(=O)N2CCCC2)CC1. The highest BCUT2D eigenvalue weighted by Gasteiger charge is 2.30. The summed E-state index contributed by atoms with van der Waals surface area (Å²) in [5.74, 6) is 0.131. The van der Waals surface area contributed by atoms with E-state index < -0.39 is 0 Å². The maximum atomic E-state index is 12.2. The third-order valence-corrected chi connectivity index (χ3v) is 4.97. The minimum atomic E-state index is -0.128. The van der Waals surface area contributed by atoms with Crippen molar-refractivity contribution in [1.82, 2.24) is 14.7 Å². The molecule has 6 heteroatoms. The lowest BCUT2D eigenvalue weighted by Crippen LogP contribution is -2.54. The van der Waals surface area contributed by atoms with Gasteiger partial charge in [0.05, 0.1) is 13.7 Å². The molecule has 1 atom stereocenters. The van der Waals surface area contributed by atoms with E-state index in [1.807, 2.05) is 4.90 Å². The Morgan fingerprint density at radius 1 is 1.04 bits per heavy atom. The summed E-state index contributed by atoms with van der Waals surface area (Å²) in [5.41, 5.74) is 0. The molecule has 0 aromatic heterocycles. The average Bonchev–Trinajstić information content (AvgIpc) is 3.11. The van der Waals surface area contributed by atoms with Crippen LogP contribution in [-0.2, 0) is 14.3 Å². The molecule has 0 spiro atoms. The predicted molar refractivity (Wildman–Crippen MR) is 89.2 cm³/mol. The van der Waals surface area contributed by atoms with E-state index in [0.29, 0.717) is 6.54 Å². The number of hydrogen-bond donors (Lipinski definition) is 0. The summed E-state index contributed by atoms with van der Waals surface area (Å²) in [6, 6.07) is -0.128. The molecular formula is C17H31N3O3. The van der Waals surface area contributed by atoms with Crippen LogP contribution in [0.1, 0.15) is 39.0 Å². The van der Waals surface area contributed by atoms with Crippen molar-refractivity contribution in [3.63, 3.8) is 0 Å². The van der Waals surface area contributed by atoms with Gasteiger partial charge in [0, 0.05) is 39.3 Å². The molecule has 2 aliphatic heterocycles. The first-order valence-corrected chi connectivity index (χ1v) is 8.97. The van der Waals surface area contributed by atoms with Crippen LogP contribution in [0.15, 0.2) is 0 Å². The van der Waals surface area contributed by atoms with E-state index in [0.717, 1.165) is 71.4 Å². The van der Waals surface area contributed by atoms with Gasteiger partial charge in [0.25, 0.3) is 0 Å². The van der Waals surface area contributed by atoms with Crippen LogP contribution >= 0.6 is 0 Å². The Morgan fingerprint density at radius 2 is 1.70 bits per heavy atom. The first kappa shape index (κ1) is 18.2. The van der Waals surface area contributed by atoms with E-state index in [1.54, 1.807) is 0 Å². The molecule has 1 unspecified atom stereocenters. The van der Waals surface area contributed by atoms with E-state index in [4.69, 9.17) is 4.74 Å². The number of carbonyl (C=O) groups excluding carboxylic acids is 2. The van der Waals surface area contributed by atoms with E-state index in [1.165, 1.54) is 7.11 Å². The van der Waals surface area contributed by atoms with E-state index in [-0.39, 0.29) is 17.9 Å². The fraction of sp³-hybridized carbons (Fsp3) is 0.882. The third kappa shape index (κ3) is 5.18. The Kier molecular flexibility index (Phi) is 7.30. The van der Waals surface area contributed by atoms with E-state index >= 15 is 0 Å². The monoisotopic (exact) mass is 325 g/mol. The van der Waals surface area contributed by atoms with Gasteiger partial charge in [-0.3, -0.25) is 19.4 Å². The quantitative estimate of drug-likeness (QED) is 0.653. The van der Waals surface area contributed by atoms with Crippen LogP contribution in [0.3, 0.4) is 0 Å². The van der Waals surface area contributed by atoms with Gasteiger partial charge in [-0.25, -0.2) is 0 Å². The smallest absolute Gasteiger partial charge is 0.323 e. The lowest BCUT2D eigenvalue weighted by molar-refractivity contribution is -0.148. The van der Waals surface area contributed by atoms with Crippen LogP contribution in [0.5, 0.6) is 0 Å². The molecule has 2 aliphatic rings. The van der Waals surface area contributed by atoms with Crippen molar-refractivity contribution >= 4 is 11.9 Å². The molecule has 6 nitrogen and oxygen atoms in total. The Morgan fingerprint density at radius 3 is 2.26 bits per heavy atom. The zero-order valence-corrected chi connectivity index (χ0v) is 14.6. The van der Waals surface area contributed by atoms with E-state index in [2.05, 4.69) is 16.7 Å². The summed E-state index contributed by atoms with van der Waals surface area (Å²) in [7, 11) is 1.46. The van der Waals surface area contributed by atoms with Crippen LogP contribution in [-0.4, -0.2) is 85.5 Å². The second-order valence-corrected chi connectivity index (χ2v) is 6.58. The third-order valence-electron chi connectivity index (χ3n) is 4.97. The van der Waals surface area contributed by atoms with Crippen molar-refractivity contribution in [3.05, 3.63) is 0 Å². The molecule has 132 valence electrons. The minimum absolute atomic E-state index is 0.125. The fourth-order valence-electron chi connectivity index (χ4n) is 3.47. The number of ether oxygens (including phenoxy) is 1. The summed E-state index contributed by atoms with van der Waals surface area (Å²) in [5, 5.41) is 0. The normalized spacial score (nSPS) is 21.4.